The number of aromatic hydroxyl groups is 1. The van der Waals surface area contributed by atoms with E-state index in [1.807, 2.05) is 6.07 Å². The fourth-order valence-corrected chi connectivity index (χ4v) is 6.07. The number of carbonyl (C=O) groups excluding carboxylic acids is 1. The SMILES string of the molecule is COc1ccc(S(=O)(=O)N(Cc2cccnc2)[C@H](C(=O)N(Cc2cccnc2)OCc2ccc(O)cc2)C(C)C)cc1. The Morgan fingerprint density at radius 1 is 0.857 bits per heavy atom. The highest BCUT2D eigenvalue weighted by atomic mass is 32.2. The number of sulfonamides is 1. The Balaban J connectivity index is 1.74. The number of rotatable bonds is 13. The number of phenols is 1. The van der Waals surface area contributed by atoms with Crippen LogP contribution in [0.4, 0.5) is 0 Å². The second-order valence-corrected chi connectivity index (χ2v) is 11.8. The van der Waals surface area contributed by atoms with E-state index in [2.05, 4.69) is 9.97 Å². The van der Waals surface area contributed by atoms with Gasteiger partial charge in [-0.25, -0.2) is 13.5 Å². The molecule has 0 radical (unpaired) electrons. The van der Waals surface area contributed by atoms with E-state index in [1.54, 1.807) is 81.1 Å². The van der Waals surface area contributed by atoms with Crippen LogP contribution in [0.5, 0.6) is 11.5 Å². The Morgan fingerprint density at radius 2 is 1.45 bits per heavy atom. The number of hydrogen-bond acceptors (Lipinski definition) is 8. The van der Waals surface area contributed by atoms with E-state index in [9.17, 15) is 18.3 Å². The number of benzene rings is 2. The number of ether oxygens (including phenoxy) is 1. The van der Waals surface area contributed by atoms with Gasteiger partial charge in [0.1, 0.15) is 24.1 Å². The Morgan fingerprint density at radius 3 is 1.98 bits per heavy atom. The Labute approximate surface area is 246 Å². The first-order valence-electron chi connectivity index (χ1n) is 13.3. The maximum atomic E-state index is 14.4. The predicted molar refractivity (Wildman–Crippen MR) is 156 cm³/mol. The molecule has 0 saturated heterocycles. The highest BCUT2D eigenvalue weighted by molar-refractivity contribution is 7.89. The molecule has 0 unspecified atom stereocenters. The summed E-state index contributed by atoms with van der Waals surface area (Å²) < 4.78 is 34.8. The average Bonchev–Trinajstić information content (AvgIpc) is 3.00. The molecule has 0 aliphatic carbocycles. The normalized spacial score (nSPS) is 12.3. The summed E-state index contributed by atoms with van der Waals surface area (Å²) in [6.07, 6.45) is 6.42. The Bertz CT molecular complexity index is 1530. The molecular formula is C31H34N4O6S. The van der Waals surface area contributed by atoms with E-state index in [0.717, 1.165) is 5.56 Å². The number of amides is 1. The first kappa shape index (κ1) is 30.6. The summed E-state index contributed by atoms with van der Waals surface area (Å²) in [5.74, 6) is -0.351. The number of nitrogens with zero attached hydrogens (tertiary/aromatic N) is 4. The number of aromatic nitrogens is 2. The molecule has 4 aromatic rings. The van der Waals surface area contributed by atoms with Crippen LogP contribution in [0.25, 0.3) is 0 Å². The molecule has 220 valence electrons. The van der Waals surface area contributed by atoms with E-state index in [0.29, 0.717) is 16.9 Å². The summed E-state index contributed by atoms with van der Waals surface area (Å²) in [4.78, 5) is 28.7. The second kappa shape index (κ2) is 14.0. The summed E-state index contributed by atoms with van der Waals surface area (Å²) in [7, 11) is -2.68. The summed E-state index contributed by atoms with van der Waals surface area (Å²) in [6.45, 7) is 3.56. The van der Waals surface area contributed by atoms with Crippen molar-refractivity contribution in [1.29, 1.82) is 0 Å². The summed E-state index contributed by atoms with van der Waals surface area (Å²) in [5, 5.41) is 10.8. The molecule has 0 spiro atoms. The van der Waals surface area contributed by atoms with Crippen molar-refractivity contribution in [3.8, 4) is 11.5 Å². The first-order chi connectivity index (χ1) is 20.2. The Kier molecular flexibility index (Phi) is 10.2. The predicted octanol–water partition coefficient (Wildman–Crippen LogP) is 4.57. The lowest BCUT2D eigenvalue weighted by molar-refractivity contribution is -0.200. The third-order valence-corrected chi connectivity index (χ3v) is 8.38. The number of phenolic OH excluding ortho intramolecular Hbond substituents is 1. The van der Waals surface area contributed by atoms with Crippen LogP contribution >= 0.6 is 0 Å². The number of methoxy groups -OCH3 is 1. The van der Waals surface area contributed by atoms with Gasteiger partial charge in [-0.05, 0) is 71.1 Å². The van der Waals surface area contributed by atoms with Gasteiger partial charge < -0.3 is 9.84 Å². The number of pyridine rings is 2. The molecule has 11 heteroatoms. The van der Waals surface area contributed by atoms with Crippen molar-refractivity contribution >= 4 is 15.9 Å². The van der Waals surface area contributed by atoms with Gasteiger partial charge in [-0.15, -0.1) is 0 Å². The monoisotopic (exact) mass is 590 g/mol. The van der Waals surface area contributed by atoms with Gasteiger partial charge in [0.05, 0.1) is 18.6 Å². The van der Waals surface area contributed by atoms with E-state index in [4.69, 9.17) is 9.57 Å². The van der Waals surface area contributed by atoms with Crippen LogP contribution in [0.15, 0.2) is 102 Å². The molecule has 2 heterocycles. The largest absolute Gasteiger partial charge is 0.508 e. The van der Waals surface area contributed by atoms with Crippen LogP contribution in [-0.4, -0.2) is 51.9 Å². The van der Waals surface area contributed by atoms with Crippen LogP contribution in [0.3, 0.4) is 0 Å². The molecule has 0 saturated carbocycles. The zero-order valence-corrected chi connectivity index (χ0v) is 24.5. The highest BCUT2D eigenvalue weighted by Crippen LogP contribution is 2.28. The minimum Gasteiger partial charge on any atom is -0.508 e. The fourth-order valence-electron chi connectivity index (χ4n) is 4.37. The van der Waals surface area contributed by atoms with Gasteiger partial charge in [0, 0.05) is 31.3 Å². The molecule has 2 aromatic carbocycles. The van der Waals surface area contributed by atoms with Crippen LogP contribution < -0.4 is 4.74 Å². The molecule has 0 aliphatic heterocycles. The molecule has 0 fully saturated rings. The Hall–Kier alpha value is -4.32. The van der Waals surface area contributed by atoms with Crippen LogP contribution in [0, 0.1) is 5.92 Å². The molecule has 10 nitrogen and oxygen atoms in total. The molecule has 1 amide bonds. The number of carbonyl (C=O) groups is 1. The van der Waals surface area contributed by atoms with E-state index in [-0.39, 0.29) is 30.3 Å². The van der Waals surface area contributed by atoms with Crippen molar-refractivity contribution in [3.63, 3.8) is 0 Å². The van der Waals surface area contributed by atoms with Crippen molar-refractivity contribution in [2.24, 2.45) is 5.92 Å². The molecule has 2 aromatic heterocycles. The van der Waals surface area contributed by atoms with Crippen LogP contribution in [-0.2, 0) is 39.4 Å². The average molecular weight is 591 g/mol. The zero-order valence-electron chi connectivity index (χ0n) is 23.7. The highest BCUT2D eigenvalue weighted by Gasteiger charge is 2.40. The van der Waals surface area contributed by atoms with Crippen molar-refractivity contribution in [2.45, 2.75) is 44.5 Å². The number of hydrogen-bond donors (Lipinski definition) is 1. The van der Waals surface area contributed by atoms with Gasteiger partial charge in [-0.3, -0.25) is 19.6 Å². The first-order valence-corrected chi connectivity index (χ1v) is 14.8. The molecule has 1 atom stereocenters. The lowest BCUT2D eigenvalue weighted by Gasteiger charge is -2.35. The summed E-state index contributed by atoms with van der Waals surface area (Å²) in [6, 6.07) is 18.4. The smallest absolute Gasteiger partial charge is 0.265 e. The van der Waals surface area contributed by atoms with Gasteiger partial charge in [0.25, 0.3) is 5.91 Å². The summed E-state index contributed by atoms with van der Waals surface area (Å²) in [5.41, 5.74) is 2.05. The molecule has 1 N–H and O–H groups in total. The third-order valence-electron chi connectivity index (χ3n) is 6.54. The van der Waals surface area contributed by atoms with Gasteiger partial charge >= 0.3 is 0 Å². The number of hydroxylamine groups is 2. The van der Waals surface area contributed by atoms with Gasteiger partial charge in [-0.2, -0.15) is 4.31 Å². The second-order valence-electron chi connectivity index (χ2n) is 9.95. The van der Waals surface area contributed by atoms with Crippen molar-refractivity contribution in [3.05, 3.63) is 114 Å². The molecule has 0 aliphatic rings. The maximum Gasteiger partial charge on any atom is 0.265 e. The fraction of sp³-hybridized carbons (Fsp3) is 0.258. The third kappa shape index (κ3) is 7.69. The van der Waals surface area contributed by atoms with Crippen LogP contribution in [0.2, 0.25) is 0 Å². The van der Waals surface area contributed by atoms with Gasteiger partial charge in [0.2, 0.25) is 10.0 Å². The summed E-state index contributed by atoms with van der Waals surface area (Å²) >= 11 is 0. The van der Waals surface area contributed by atoms with Crippen molar-refractivity contribution < 1.29 is 27.9 Å². The molecule has 4 rings (SSSR count). The van der Waals surface area contributed by atoms with E-state index < -0.39 is 27.9 Å². The van der Waals surface area contributed by atoms with Crippen LogP contribution in [0.1, 0.15) is 30.5 Å². The minimum atomic E-state index is -4.18. The minimum absolute atomic E-state index is 0.0188. The molecular weight excluding hydrogens is 556 g/mol. The van der Waals surface area contributed by atoms with Crippen molar-refractivity contribution in [1.82, 2.24) is 19.3 Å². The zero-order chi connectivity index (χ0) is 30.1. The van der Waals surface area contributed by atoms with Crippen molar-refractivity contribution in [2.75, 3.05) is 7.11 Å². The lowest BCUT2D eigenvalue weighted by atomic mass is 10.0. The van der Waals surface area contributed by atoms with Gasteiger partial charge in [-0.1, -0.05) is 38.1 Å². The standard InChI is InChI=1S/C31H34N4O6S/c1-23(2)30(31(37)34(20-25-6-4-16-32-18-25)41-22-24-8-10-27(36)11-9-24)35(21-26-7-5-17-33-19-26)42(38,39)29-14-12-28(40-3)13-15-29/h4-19,23,30,36H,20-22H2,1-3H3/t30-/m0/s1. The molecule has 0 bridgehead atoms. The van der Waals surface area contributed by atoms with E-state index >= 15 is 0 Å². The maximum absolute atomic E-state index is 14.4. The quantitative estimate of drug-likeness (QED) is 0.225. The molecule has 42 heavy (non-hydrogen) atoms. The van der Waals surface area contributed by atoms with E-state index in [1.165, 1.54) is 40.7 Å². The van der Waals surface area contributed by atoms with Gasteiger partial charge in [0.15, 0.2) is 0 Å². The topological polar surface area (TPSA) is 122 Å². The lowest BCUT2D eigenvalue weighted by Crippen LogP contribution is -2.52.